The Bertz CT molecular complexity index is 309. The molecule has 0 aromatic heterocycles. The van der Waals surface area contributed by atoms with Gasteiger partial charge in [0.1, 0.15) is 0 Å². The smallest absolute Gasteiger partial charge is 0.0171 e. The maximum absolute atomic E-state index is 3.46. The van der Waals surface area contributed by atoms with E-state index in [4.69, 9.17) is 0 Å². The number of allylic oxidation sites excluding steroid dienone is 5. The van der Waals surface area contributed by atoms with Crippen LogP contribution in [0.4, 0.5) is 0 Å². The molecular weight excluding hydrogens is 158 g/mol. The molecule has 0 aromatic rings. The van der Waals surface area contributed by atoms with Gasteiger partial charge in [-0.3, -0.25) is 0 Å². The van der Waals surface area contributed by atoms with Crippen molar-refractivity contribution in [2.45, 2.75) is 12.8 Å². The van der Waals surface area contributed by atoms with Crippen molar-refractivity contribution in [1.82, 2.24) is 5.32 Å². The molecule has 1 nitrogen and oxygen atoms in total. The molecule has 0 radical (unpaired) electrons. The molecule has 0 bridgehead atoms. The van der Waals surface area contributed by atoms with Crippen LogP contribution in [-0.2, 0) is 0 Å². The summed E-state index contributed by atoms with van der Waals surface area (Å²) in [7, 11) is 0. The van der Waals surface area contributed by atoms with Gasteiger partial charge in [0.25, 0.3) is 0 Å². The van der Waals surface area contributed by atoms with E-state index in [1.165, 1.54) is 19.4 Å². The van der Waals surface area contributed by atoms with Crippen LogP contribution in [0.2, 0.25) is 0 Å². The first-order valence-electron chi connectivity index (χ1n) is 5.21. The number of hydrogen-bond donors (Lipinski definition) is 1. The van der Waals surface area contributed by atoms with Gasteiger partial charge in [-0.25, -0.2) is 0 Å². The number of nitrogens with one attached hydrogen (secondary N) is 1. The Morgan fingerprint density at radius 1 is 1.31 bits per heavy atom. The van der Waals surface area contributed by atoms with Gasteiger partial charge in [0.05, 0.1) is 0 Å². The fraction of sp³-hybridized carbons (Fsp3) is 0.500. The SMILES string of the molecule is C1=CCC2CC3CNCC3=CC2=C1. The van der Waals surface area contributed by atoms with E-state index in [0.717, 1.165) is 18.4 Å². The van der Waals surface area contributed by atoms with E-state index in [2.05, 4.69) is 29.6 Å². The van der Waals surface area contributed by atoms with E-state index >= 15 is 0 Å². The first-order valence-corrected chi connectivity index (χ1v) is 5.21. The maximum Gasteiger partial charge on any atom is 0.0171 e. The molecule has 1 N–H and O–H groups in total. The van der Waals surface area contributed by atoms with Crippen LogP contribution in [-0.4, -0.2) is 13.1 Å². The summed E-state index contributed by atoms with van der Waals surface area (Å²) in [6, 6.07) is 0. The molecule has 1 heteroatoms. The third-order valence-corrected chi connectivity index (χ3v) is 3.48. The van der Waals surface area contributed by atoms with Crippen molar-refractivity contribution in [2.75, 3.05) is 13.1 Å². The molecule has 2 unspecified atom stereocenters. The van der Waals surface area contributed by atoms with Crippen molar-refractivity contribution in [3.8, 4) is 0 Å². The second-order valence-corrected chi connectivity index (χ2v) is 4.31. The van der Waals surface area contributed by atoms with Crippen molar-refractivity contribution < 1.29 is 0 Å². The molecule has 1 aliphatic heterocycles. The van der Waals surface area contributed by atoms with E-state index in [0.29, 0.717) is 0 Å². The second kappa shape index (κ2) is 2.85. The lowest BCUT2D eigenvalue weighted by atomic mass is 9.76. The summed E-state index contributed by atoms with van der Waals surface area (Å²) in [4.78, 5) is 0. The topological polar surface area (TPSA) is 12.0 Å². The lowest BCUT2D eigenvalue weighted by molar-refractivity contribution is 0.459. The van der Waals surface area contributed by atoms with Crippen LogP contribution in [0.3, 0.4) is 0 Å². The summed E-state index contributed by atoms with van der Waals surface area (Å²) in [5.74, 6) is 1.66. The van der Waals surface area contributed by atoms with Gasteiger partial charge in [-0.05, 0) is 30.3 Å². The number of hydrogen-bond acceptors (Lipinski definition) is 1. The molecule has 1 saturated heterocycles. The molecule has 1 fully saturated rings. The highest BCUT2D eigenvalue weighted by Crippen LogP contribution is 2.37. The molecule has 3 aliphatic rings. The molecule has 0 saturated carbocycles. The first kappa shape index (κ1) is 7.57. The lowest BCUT2D eigenvalue weighted by Gasteiger charge is -2.28. The van der Waals surface area contributed by atoms with Gasteiger partial charge in [0.2, 0.25) is 0 Å². The molecule has 0 amide bonds. The van der Waals surface area contributed by atoms with Crippen molar-refractivity contribution >= 4 is 0 Å². The van der Waals surface area contributed by atoms with Crippen LogP contribution in [0.25, 0.3) is 0 Å². The monoisotopic (exact) mass is 173 g/mol. The van der Waals surface area contributed by atoms with Crippen molar-refractivity contribution in [3.05, 3.63) is 35.5 Å². The second-order valence-electron chi connectivity index (χ2n) is 4.31. The Balaban J connectivity index is 1.97. The van der Waals surface area contributed by atoms with Gasteiger partial charge >= 0.3 is 0 Å². The van der Waals surface area contributed by atoms with Crippen LogP contribution in [0.1, 0.15) is 12.8 Å². The molecule has 0 aromatic carbocycles. The normalized spacial score (nSPS) is 36.3. The van der Waals surface area contributed by atoms with E-state index < -0.39 is 0 Å². The molecule has 3 rings (SSSR count). The first-order chi connectivity index (χ1) is 6.43. The van der Waals surface area contributed by atoms with E-state index in [-0.39, 0.29) is 0 Å². The van der Waals surface area contributed by atoms with Gasteiger partial charge in [0, 0.05) is 13.1 Å². The van der Waals surface area contributed by atoms with Crippen molar-refractivity contribution in [3.63, 3.8) is 0 Å². The van der Waals surface area contributed by atoms with Gasteiger partial charge in [-0.15, -0.1) is 0 Å². The summed E-state index contributed by atoms with van der Waals surface area (Å²) in [6.45, 7) is 2.33. The zero-order valence-electron chi connectivity index (χ0n) is 7.79. The fourth-order valence-corrected chi connectivity index (χ4v) is 2.72. The highest BCUT2D eigenvalue weighted by molar-refractivity contribution is 5.38. The predicted octanol–water partition coefficient (Wildman–Crippen LogP) is 2.04. The van der Waals surface area contributed by atoms with Gasteiger partial charge in [-0.2, -0.15) is 0 Å². The minimum atomic E-state index is 0.818. The van der Waals surface area contributed by atoms with Gasteiger partial charge in [-0.1, -0.05) is 29.9 Å². The fourth-order valence-electron chi connectivity index (χ4n) is 2.72. The van der Waals surface area contributed by atoms with Crippen LogP contribution in [0.5, 0.6) is 0 Å². The van der Waals surface area contributed by atoms with Crippen LogP contribution in [0.15, 0.2) is 35.5 Å². The lowest BCUT2D eigenvalue weighted by Crippen LogP contribution is -2.18. The quantitative estimate of drug-likeness (QED) is 0.591. The van der Waals surface area contributed by atoms with E-state index in [1.807, 2.05) is 0 Å². The Morgan fingerprint density at radius 2 is 2.31 bits per heavy atom. The third kappa shape index (κ3) is 1.19. The molecule has 2 atom stereocenters. The molecule has 2 aliphatic carbocycles. The number of rotatable bonds is 0. The highest BCUT2D eigenvalue weighted by Gasteiger charge is 2.29. The van der Waals surface area contributed by atoms with E-state index in [1.54, 1.807) is 11.1 Å². The summed E-state index contributed by atoms with van der Waals surface area (Å²) in [6.07, 6.45) is 11.8. The summed E-state index contributed by atoms with van der Waals surface area (Å²) in [5.41, 5.74) is 3.20. The minimum absolute atomic E-state index is 0.818. The van der Waals surface area contributed by atoms with Gasteiger partial charge in [0.15, 0.2) is 0 Å². The van der Waals surface area contributed by atoms with E-state index in [9.17, 15) is 0 Å². The highest BCUT2D eigenvalue weighted by atomic mass is 14.9. The molecule has 1 heterocycles. The molecule has 13 heavy (non-hydrogen) atoms. The zero-order valence-corrected chi connectivity index (χ0v) is 7.79. The maximum atomic E-state index is 3.46. The average molecular weight is 173 g/mol. The summed E-state index contributed by atoms with van der Waals surface area (Å²) >= 11 is 0. The Morgan fingerprint density at radius 3 is 3.31 bits per heavy atom. The van der Waals surface area contributed by atoms with Crippen LogP contribution >= 0.6 is 0 Å². The molecule has 0 spiro atoms. The van der Waals surface area contributed by atoms with Crippen LogP contribution in [0, 0.1) is 11.8 Å². The van der Waals surface area contributed by atoms with Crippen LogP contribution < -0.4 is 5.32 Å². The Hall–Kier alpha value is -0.820. The zero-order chi connectivity index (χ0) is 8.67. The number of fused-ring (bicyclic) bond motifs is 2. The third-order valence-electron chi connectivity index (χ3n) is 3.48. The van der Waals surface area contributed by atoms with Crippen molar-refractivity contribution in [1.29, 1.82) is 0 Å². The minimum Gasteiger partial charge on any atom is -0.312 e. The molecular formula is C12H15N. The summed E-state index contributed by atoms with van der Waals surface area (Å²) in [5, 5.41) is 3.46. The van der Waals surface area contributed by atoms with Crippen molar-refractivity contribution in [2.24, 2.45) is 11.8 Å². The Labute approximate surface area is 79.2 Å². The average Bonchev–Trinajstić information content (AvgIpc) is 2.61. The molecule has 68 valence electrons. The van der Waals surface area contributed by atoms with Gasteiger partial charge < -0.3 is 5.32 Å². The summed E-state index contributed by atoms with van der Waals surface area (Å²) < 4.78 is 0. The Kier molecular flexibility index (Phi) is 1.66. The largest absolute Gasteiger partial charge is 0.312 e. The predicted molar refractivity (Wildman–Crippen MR) is 54.4 cm³/mol. The standard InChI is InChI=1S/C12H15N/c1-2-4-10-6-12-8-13-7-11(12)5-9(10)3-1/h1-3,5,10,12-13H,4,6-8H2.